The van der Waals surface area contributed by atoms with Gasteiger partial charge in [-0.15, -0.1) is 0 Å². The molecule has 1 heterocycles. The van der Waals surface area contributed by atoms with Crippen molar-refractivity contribution in [1.29, 1.82) is 0 Å². The summed E-state index contributed by atoms with van der Waals surface area (Å²) in [6.07, 6.45) is 0.853. The number of hydrogen-bond acceptors (Lipinski definition) is 1. The molecule has 0 bridgehead atoms. The molecule has 1 amide bonds. The summed E-state index contributed by atoms with van der Waals surface area (Å²) in [5, 5.41) is 2.63. The van der Waals surface area contributed by atoms with Gasteiger partial charge in [-0.2, -0.15) is 0 Å². The van der Waals surface area contributed by atoms with Gasteiger partial charge in [0.2, 0.25) is 5.91 Å². The van der Waals surface area contributed by atoms with Gasteiger partial charge in [0.25, 0.3) is 0 Å². The summed E-state index contributed by atoms with van der Waals surface area (Å²) >= 11 is 3.17. The van der Waals surface area contributed by atoms with Crippen LogP contribution in [0.3, 0.4) is 0 Å². The third-order valence-electron chi connectivity index (χ3n) is 2.04. The molecule has 0 saturated heterocycles. The van der Waals surface area contributed by atoms with Crippen LogP contribution in [0.25, 0.3) is 0 Å². The zero-order valence-corrected chi connectivity index (χ0v) is 8.32. The van der Waals surface area contributed by atoms with Crippen molar-refractivity contribution in [2.75, 3.05) is 5.32 Å². The predicted molar refractivity (Wildman–Crippen MR) is 51.1 cm³/mol. The molecule has 0 aliphatic carbocycles. The van der Waals surface area contributed by atoms with Crippen LogP contribution in [0.5, 0.6) is 0 Å². The average Bonchev–Trinajstić information content (AvgIpc) is 2.02. The minimum Gasteiger partial charge on any atom is -0.326 e. The quantitative estimate of drug-likeness (QED) is 0.746. The van der Waals surface area contributed by atoms with Crippen LogP contribution in [-0.2, 0) is 11.2 Å². The lowest BCUT2D eigenvalue weighted by Gasteiger charge is -2.17. The second-order valence-corrected chi connectivity index (χ2v) is 3.88. The number of hydrogen-bond donors (Lipinski definition) is 1. The van der Waals surface area contributed by atoms with Gasteiger partial charge in [0, 0.05) is 22.1 Å². The van der Waals surface area contributed by atoms with E-state index in [2.05, 4.69) is 21.2 Å². The van der Waals surface area contributed by atoms with Gasteiger partial charge in [-0.05, 0) is 18.6 Å². The maximum Gasteiger partial charge on any atom is 0.224 e. The molecule has 1 aliphatic heterocycles. The molecule has 0 saturated carbocycles. The van der Waals surface area contributed by atoms with Crippen molar-refractivity contribution in [2.24, 2.45) is 0 Å². The number of anilines is 1. The SMILES string of the molecule is O=C1CCc2c(F)cc(Br)cc2N1. The zero-order chi connectivity index (χ0) is 9.42. The Balaban J connectivity index is 2.53. The van der Waals surface area contributed by atoms with Gasteiger partial charge in [0.15, 0.2) is 0 Å². The van der Waals surface area contributed by atoms with Crippen LogP contribution in [0, 0.1) is 5.82 Å². The summed E-state index contributed by atoms with van der Waals surface area (Å²) in [6.45, 7) is 0. The van der Waals surface area contributed by atoms with Crippen molar-refractivity contribution in [3.05, 3.63) is 28.0 Å². The van der Waals surface area contributed by atoms with Crippen molar-refractivity contribution >= 4 is 27.5 Å². The molecule has 0 radical (unpaired) electrons. The van der Waals surface area contributed by atoms with E-state index in [1.54, 1.807) is 6.07 Å². The molecule has 2 rings (SSSR count). The summed E-state index contributed by atoms with van der Waals surface area (Å²) in [4.78, 5) is 11.0. The first-order valence-corrected chi connectivity index (χ1v) is 4.74. The summed E-state index contributed by atoms with van der Waals surface area (Å²) < 4.78 is 13.9. The van der Waals surface area contributed by atoms with Crippen LogP contribution in [0.1, 0.15) is 12.0 Å². The highest BCUT2D eigenvalue weighted by molar-refractivity contribution is 9.10. The fraction of sp³-hybridized carbons (Fsp3) is 0.222. The molecule has 68 valence electrons. The third kappa shape index (κ3) is 1.58. The maximum absolute atomic E-state index is 13.3. The van der Waals surface area contributed by atoms with E-state index in [4.69, 9.17) is 0 Å². The fourth-order valence-corrected chi connectivity index (χ4v) is 1.85. The number of amides is 1. The van der Waals surface area contributed by atoms with E-state index in [9.17, 15) is 9.18 Å². The second kappa shape index (κ2) is 3.10. The van der Waals surface area contributed by atoms with Crippen molar-refractivity contribution < 1.29 is 9.18 Å². The standard InChI is InChI=1S/C9H7BrFNO/c10-5-3-7(11)6-1-2-9(13)12-8(6)4-5/h3-4H,1-2H2,(H,12,13). The number of benzene rings is 1. The number of carbonyl (C=O) groups is 1. The maximum atomic E-state index is 13.3. The first kappa shape index (κ1) is 8.69. The highest BCUT2D eigenvalue weighted by Gasteiger charge is 2.18. The van der Waals surface area contributed by atoms with Crippen LogP contribution in [0.15, 0.2) is 16.6 Å². The first-order valence-electron chi connectivity index (χ1n) is 3.94. The van der Waals surface area contributed by atoms with Crippen LogP contribution in [0.4, 0.5) is 10.1 Å². The van der Waals surface area contributed by atoms with E-state index in [0.29, 0.717) is 28.6 Å². The van der Waals surface area contributed by atoms with Gasteiger partial charge in [-0.1, -0.05) is 15.9 Å². The number of halogens is 2. The molecule has 0 fully saturated rings. The van der Waals surface area contributed by atoms with Gasteiger partial charge in [0.1, 0.15) is 5.82 Å². The van der Waals surface area contributed by atoms with E-state index in [1.807, 2.05) is 0 Å². The minimum atomic E-state index is -0.260. The monoisotopic (exact) mass is 243 g/mol. The smallest absolute Gasteiger partial charge is 0.224 e. The lowest BCUT2D eigenvalue weighted by atomic mass is 10.0. The Morgan fingerprint density at radius 2 is 2.15 bits per heavy atom. The Bertz CT molecular complexity index is 378. The molecular formula is C9H7BrFNO. The van der Waals surface area contributed by atoms with Gasteiger partial charge < -0.3 is 5.32 Å². The second-order valence-electron chi connectivity index (χ2n) is 2.96. The molecule has 0 unspecified atom stereocenters. The molecule has 0 atom stereocenters. The molecule has 1 aliphatic rings. The molecular weight excluding hydrogens is 237 g/mol. The number of fused-ring (bicyclic) bond motifs is 1. The van der Waals surface area contributed by atoms with Crippen molar-refractivity contribution in [1.82, 2.24) is 0 Å². The molecule has 2 nitrogen and oxygen atoms in total. The molecule has 1 aromatic rings. The number of carbonyl (C=O) groups excluding carboxylic acids is 1. The summed E-state index contributed by atoms with van der Waals surface area (Å²) in [5.41, 5.74) is 1.19. The lowest BCUT2D eigenvalue weighted by Crippen LogP contribution is -2.19. The Morgan fingerprint density at radius 1 is 1.38 bits per heavy atom. The topological polar surface area (TPSA) is 29.1 Å². The van der Waals surface area contributed by atoms with Gasteiger partial charge in [-0.25, -0.2) is 4.39 Å². The van der Waals surface area contributed by atoms with Crippen LogP contribution in [0.2, 0.25) is 0 Å². The van der Waals surface area contributed by atoms with E-state index >= 15 is 0 Å². The summed E-state index contributed by atoms with van der Waals surface area (Å²) in [5.74, 6) is -0.311. The molecule has 0 spiro atoms. The largest absolute Gasteiger partial charge is 0.326 e. The number of nitrogens with one attached hydrogen (secondary N) is 1. The molecule has 4 heteroatoms. The van der Waals surface area contributed by atoms with E-state index in [0.717, 1.165) is 0 Å². The predicted octanol–water partition coefficient (Wildman–Crippen LogP) is 2.47. The van der Waals surface area contributed by atoms with Gasteiger partial charge in [-0.3, -0.25) is 4.79 Å². The van der Waals surface area contributed by atoms with E-state index < -0.39 is 0 Å². The normalized spacial score (nSPS) is 15.1. The highest BCUT2D eigenvalue weighted by atomic mass is 79.9. The van der Waals surface area contributed by atoms with Crippen molar-refractivity contribution in [2.45, 2.75) is 12.8 Å². The number of rotatable bonds is 0. The highest BCUT2D eigenvalue weighted by Crippen LogP contribution is 2.28. The molecule has 0 aromatic heterocycles. The molecule has 13 heavy (non-hydrogen) atoms. The van der Waals surface area contributed by atoms with Crippen LogP contribution in [-0.4, -0.2) is 5.91 Å². The van der Waals surface area contributed by atoms with Crippen molar-refractivity contribution in [3.63, 3.8) is 0 Å². The summed E-state index contributed by atoms with van der Waals surface area (Å²) in [7, 11) is 0. The Labute approximate surface area is 83.3 Å². The third-order valence-corrected chi connectivity index (χ3v) is 2.49. The van der Waals surface area contributed by atoms with Crippen molar-refractivity contribution in [3.8, 4) is 0 Å². The molecule has 1 aromatic carbocycles. The first-order chi connectivity index (χ1) is 6.16. The van der Waals surface area contributed by atoms with Gasteiger partial charge in [0.05, 0.1) is 0 Å². The van der Waals surface area contributed by atoms with Gasteiger partial charge >= 0.3 is 0 Å². The molecule has 1 N–H and O–H groups in total. The van der Waals surface area contributed by atoms with E-state index in [1.165, 1.54) is 6.07 Å². The fourth-order valence-electron chi connectivity index (χ4n) is 1.42. The Hall–Kier alpha value is -0.900. The minimum absolute atomic E-state index is 0.0509. The Morgan fingerprint density at radius 3 is 2.92 bits per heavy atom. The van der Waals surface area contributed by atoms with Crippen LogP contribution < -0.4 is 5.32 Å². The Kier molecular flexibility index (Phi) is 2.07. The average molecular weight is 244 g/mol. The van der Waals surface area contributed by atoms with Crippen LogP contribution >= 0.6 is 15.9 Å². The summed E-state index contributed by atoms with van der Waals surface area (Å²) in [6, 6.07) is 3.13. The zero-order valence-electron chi connectivity index (χ0n) is 6.73. The lowest BCUT2D eigenvalue weighted by molar-refractivity contribution is -0.116. The van der Waals surface area contributed by atoms with E-state index in [-0.39, 0.29) is 11.7 Å².